The number of nitrogens with zero attached hydrogens (tertiary/aromatic N) is 1. The number of hydrogen-bond donors (Lipinski definition) is 1. The summed E-state index contributed by atoms with van der Waals surface area (Å²) in [5.74, 6) is 0.388. The van der Waals surface area contributed by atoms with E-state index < -0.39 is 0 Å². The average molecular weight is 348 g/mol. The normalized spacial score (nSPS) is 15.5. The van der Waals surface area contributed by atoms with E-state index in [1.807, 2.05) is 43.3 Å². The van der Waals surface area contributed by atoms with Crippen LogP contribution in [0.4, 0.5) is 0 Å². The van der Waals surface area contributed by atoms with E-state index in [9.17, 15) is 10.1 Å². The Balaban J connectivity index is 1.96. The maximum atomic E-state index is 12.6. The van der Waals surface area contributed by atoms with Crippen molar-refractivity contribution in [1.29, 1.82) is 5.26 Å². The number of amides is 1. The number of fused-ring (bicyclic) bond motifs is 1. The van der Waals surface area contributed by atoms with Crippen LogP contribution in [0.2, 0.25) is 0 Å². The molecule has 0 spiro atoms. The van der Waals surface area contributed by atoms with E-state index in [4.69, 9.17) is 4.74 Å². The molecule has 2 aromatic carbocycles. The van der Waals surface area contributed by atoms with E-state index >= 15 is 0 Å². The van der Waals surface area contributed by atoms with Gasteiger partial charge in [0.1, 0.15) is 17.4 Å². The minimum atomic E-state index is -0.296. The van der Waals surface area contributed by atoms with Gasteiger partial charge in [-0.1, -0.05) is 49.6 Å². The van der Waals surface area contributed by atoms with Crippen LogP contribution in [-0.4, -0.2) is 18.6 Å². The molecule has 134 valence electrons. The zero-order chi connectivity index (χ0) is 18.4. The highest BCUT2D eigenvalue weighted by molar-refractivity contribution is 6.05. The molecule has 1 aliphatic rings. The SMILES string of the molecule is CCOc1ccc2ccccc2c1/C=C(\C#N)C(=O)NC1CCCCC1. The number of carbonyl (C=O) groups is 1. The van der Waals surface area contributed by atoms with Gasteiger partial charge in [0.2, 0.25) is 0 Å². The highest BCUT2D eigenvalue weighted by Gasteiger charge is 2.19. The maximum Gasteiger partial charge on any atom is 0.262 e. The first-order valence-corrected chi connectivity index (χ1v) is 9.30. The summed E-state index contributed by atoms with van der Waals surface area (Å²) in [6.45, 7) is 2.44. The monoisotopic (exact) mass is 348 g/mol. The second-order valence-electron chi connectivity index (χ2n) is 6.61. The Morgan fingerprint density at radius 3 is 2.73 bits per heavy atom. The Labute approximate surface area is 154 Å². The molecule has 1 fully saturated rings. The average Bonchev–Trinajstić information content (AvgIpc) is 2.68. The molecule has 0 radical (unpaired) electrons. The number of rotatable bonds is 5. The summed E-state index contributed by atoms with van der Waals surface area (Å²) in [5, 5.41) is 14.6. The smallest absolute Gasteiger partial charge is 0.262 e. The largest absolute Gasteiger partial charge is 0.493 e. The number of ether oxygens (including phenoxy) is 1. The van der Waals surface area contributed by atoms with E-state index in [0.717, 1.165) is 42.0 Å². The minimum absolute atomic E-state index is 0.118. The fraction of sp³-hybridized carbons (Fsp3) is 0.364. The summed E-state index contributed by atoms with van der Waals surface area (Å²) in [6.07, 6.45) is 7.13. The standard InChI is InChI=1S/C22H24N2O2/c1-2-26-21-13-12-16-8-6-7-11-19(16)20(21)14-17(15-23)22(25)24-18-9-4-3-5-10-18/h6-8,11-14,18H,2-5,9-10H2,1H3,(H,24,25)/b17-14+. The number of nitrogens with one attached hydrogen (secondary N) is 1. The third-order valence-corrected chi connectivity index (χ3v) is 4.82. The molecule has 0 saturated heterocycles. The first kappa shape index (κ1) is 18.0. The van der Waals surface area contributed by atoms with Gasteiger partial charge < -0.3 is 10.1 Å². The Hall–Kier alpha value is -2.80. The zero-order valence-electron chi connectivity index (χ0n) is 15.1. The quantitative estimate of drug-likeness (QED) is 0.635. The first-order valence-electron chi connectivity index (χ1n) is 9.30. The lowest BCUT2D eigenvalue weighted by Crippen LogP contribution is -2.36. The molecule has 4 nitrogen and oxygen atoms in total. The van der Waals surface area contributed by atoms with Gasteiger partial charge >= 0.3 is 0 Å². The van der Waals surface area contributed by atoms with Crippen LogP contribution in [0.25, 0.3) is 16.8 Å². The van der Waals surface area contributed by atoms with Crippen molar-refractivity contribution in [2.45, 2.75) is 45.1 Å². The molecule has 4 heteroatoms. The van der Waals surface area contributed by atoms with Crippen LogP contribution >= 0.6 is 0 Å². The molecule has 0 aliphatic heterocycles. The summed E-state index contributed by atoms with van der Waals surface area (Å²) < 4.78 is 5.73. The molecule has 3 rings (SSSR count). The Bertz CT molecular complexity index is 858. The van der Waals surface area contributed by atoms with Gasteiger partial charge in [-0.25, -0.2) is 0 Å². The van der Waals surface area contributed by atoms with Gasteiger partial charge in [0, 0.05) is 11.6 Å². The molecule has 0 atom stereocenters. The highest BCUT2D eigenvalue weighted by atomic mass is 16.5. The summed E-state index contributed by atoms with van der Waals surface area (Å²) in [4.78, 5) is 12.6. The number of carbonyl (C=O) groups excluding carboxylic acids is 1. The Morgan fingerprint density at radius 2 is 2.00 bits per heavy atom. The molecule has 2 aromatic rings. The molecule has 26 heavy (non-hydrogen) atoms. The van der Waals surface area contributed by atoms with Gasteiger partial charge in [-0.15, -0.1) is 0 Å². The third-order valence-electron chi connectivity index (χ3n) is 4.82. The zero-order valence-corrected chi connectivity index (χ0v) is 15.1. The molecule has 0 aromatic heterocycles. The van der Waals surface area contributed by atoms with Gasteiger partial charge in [-0.3, -0.25) is 4.79 Å². The van der Waals surface area contributed by atoms with Crippen molar-refractivity contribution in [2.75, 3.05) is 6.61 Å². The first-order chi connectivity index (χ1) is 12.7. The molecular weight excluding hydrogens is 324 g/mol. The van der Waals surface area contributed by atoms with Crippen molar-refractivity contribution >= 4 is 22.8 Å². The summed E-state index contributed by atoms with van der Waals surface area (Å²) in [5.41, 5.74) is 0.896. The summed E-state index contributed by atoms with van der Waals surface area (Å²) in [7, 11) is 0. The molecule has 1 amide bonds. The number of nitriles is 1. The van der Waals surface area contributed by atoms with Crippen LogP contribution in [0.1, 0.15) is 44.6 Å². The van der Waals surface area contributed by atoms with Crippen molar-refractivity contribution in [3.63, 3.8) is 0 Å². The molecule has 1 N–H and O–H groups in total. The van der Waals surface area contributed by atoms with Crippen LogP contribution in [0.5, 0.6) is 5.75 Å². The van der Waals surface area contributed by atoms with Gasteiger partial charge in [0.05, 0.1) is 6.61 Å². The minimum Gasteiger partial charge on any atom is -0.493 e. The number of hydrogen-bond acceptors (Lipinski definition) is 3. The predicted octanol–water partition coefficient (Wildman–Crippen LogP) is 4.59. The van der Waals surface area contributed by atoms with Crippen LogP contribution in [0.15, 0.2) is 42.0 Å². The molecular formula is C22H24N2O2. The van der Waals surface area contributed by atoms with Crippen molar-refractivity contribution in [2.24, 2.45) is 0 Å². The van der Waals surface area contributed by atoms with Gasteiger partial charge in [0.25, 0.3) is 5.91 Å². The van der Waals surface area contributed by atoms with Gasteiger partial charge in [0.15, 0.2) is 0 Å². The fourth-order valence-corrected chi connectivity index (χ4v) is 3.51. The van der Waals surface area contributed by atoms with E-state index in [-0.39, 0.29) is 17.5 Å². The second kappa shape index (κ2) is 8.53. The highest BCUT2D eigenvalue weighted by Crippen LogP contribution is 2.30. The van der Waals surface area contributed by atoms with E-state index in [2.05, 4.69) is 11.4 Å². The molecule has 0 heterocycles. The maximum absolute atomic E-state index is 12.6. The predicted molar refractivity (Wildman–Crippen MR) is 104 cm³/mol. The topological polar surface area (TPSA) is 62.1 Å². The summed E-state index contributed by atoms with van der Waals surface area (Å²) in [6, 6.07) is 14.0. The van der Waals surface area contributed by atoms with Crippen molar-refractivity contribution < 1.29 is 9.53 Å². The van der Waals surface area contributed by atoms with Crippen molar-refractivity contribution in [1.82, 2.24) is 5.32 Å². The van der Waals surface area contributed by atoms with Crippen molar-refractivity contribution in [3.05, 3.63) is 47.5 Å². The van der Waals surface area contributed by atoms with Crippen LogP contribution in [0, 0.1) is 11.3 Å². The van der Waals surface area contributed by atoms with Crippen LogP contribution < -0.4 is 10.1 Å². The van der Waals surface area contributed by atoms with Crippen molar-refractivity contribution in [3.8, 4) is 11.8 Å². The van der Waals surface area contributed by atoms with E-state index in [1.165, 1.54) is 6.42 Å². The van der Waals surface area contributed by atoms with E-state index in [0.29, 0.717) is 12.4 Å². The lowest BCUT2D eigenvalue weighted by molar-refractivity contribution is -0.117. The summed E-state index contributed by atoms with van der Waals surface area (Å²) >= 11 is 0. The van der Waals surface area contributed by atoms with E-state index in [1.54, 1.807) is 6.08 Å². The second-order valence-corrected chi connectivity index (χ2v) is 6.61. The molecule has 0 unspecified atom stereocenters. The third kappa shape index (κ3) is 4.05. The van der Waals surface area contributed by atoms with Crippen LogP contribution in [-0.2, 0) is 4.79 Å². The van der Waals surface area contributed by atoms with Crippen LogP contribution in [0.3, 0.4) is 0 Å². The van der Waals surface area contributed by atoms with Gasteiger partial charge in [-0.05, 0) is 42.7 Å². The Kier molecular flexibility index (Phi) is 5.91. The molecule has 1 aliphatic carbocycles. The molecule has 1 saturated carbocycles. The van der Waals surface area contributed by atoms with Gasteiger partial charge in [-0.2, -0.15) is 5.26 Å². The lowest BCUT2D eigenvalue weighted by Gasteiger charge is -2.22. The fourth-order valence-electron chi connectivity index (χ4n) is 3.51. The molecule has 0 bridgehead atoms. The number of benzene rings is 2. The Morgan fingerprint density at radius 1 is 1.23 bits per heavy atom. The lowest BCUT2D eigenvalue weighted by atomic mass is 9.95.